The quantitative estimate of drug-likeness (QED) is 0.759. The number of carbonyl (C=O) groups excluding carboxylic acids is 1. The number of nitriles is 1. The first kappa shape index (κ1) is 16.4. The van der Waals surface area contributed by atoms with Crippen LogP contribution in [-0.4, -0.2) is 51.1 Å². The molecule has 8 heteroatoms. The van der Waals surface area contributed by atoms with E-state index in [0.717, 1.165) is 0 Å². The number of nitrogens with zero attached hydrogens (tertiary/aromatic N) is 2. The maximum absolute atomic E-state index is 12.4. The van der Waals surface area contributed by atoms with E-state index in [1.807, 2.05) is 0 Å². The Morgan fingerprint density at radius 3 is 2.45 bits per heavy atom. The monoisotopic (exact) mass is 324 g/mol. The Hall–Kier alpha value is -1.95. The molecule has 0 aromatic heterocycles. The summed E-state index contributed by atoms with van der Waals surface area (Å²) in [5.41, 5.74) is 0.197. The van der Waals surface area contributed by atoms with Gasteiger partial charge in [0.1, 0.15) is 6.07 Å². The average molecular weight is 324 g/mol. The molecule has 1 atom stereocenters. The van der Waals surface area contributed by atoms with Crippen LogP contribution in [0.15, 0.2) is 29.2 Å². The summed E-state index contributed by atoms with van der Waals surface area (Å²) < 4.78 is 36.1. The average Bonchev–Trinajstić information content (AvgIpc) is 2.55. The number of esters is 1. The summed E-state index contributed by atoms with van der Waals surface area (Å²) in [6.07, 6.45) is -0.857. The second-order valence-corrected chi connectivity index (χ2v) is 6.66. The van der Waals surface area contributed by atoms with Gasteiger partial charge in [-0.2, -0.15) is 9.57 Å². The largest absolute Gasteiger partial charge is 0.444 e. The first-order valence-electron chi connectivity index (χ1n) is 6.73. The summed E-state index contributed by atoms with van der Waals surface area (Å²) in [4.78, 5) is 11.8. The lowest BCUT2D eigenvalue weighted by Gasteiger charge is -2.26. The van der Waals surface area contributed by atoms with Crippen LogP contribution < -0.4 is 0 Å². The number of benzene rings is 1. The van der Waals surface area contributed by atoms with Crippen molar-refractivity contribution in [3.8, 4) is 6.07 Å². The SMILES string of the molecule is C[C@H](C#N)OC(=O)c1ccc(S(=O)(=O)N2CCOCC2)cc1. The van der Waals surface area contributed by atoms with Crippen molar-refractivity contribution in [3.05, 3.63) is 29.8 Å². The highest BCUT2D eigenvalue weighted by atomic mass is 32.2. The second kappa shape index (κ2) is 6.87. The van der Waals surface area contributed by atoms with Gasteiger partial charge in [-0.05, 0) is 31.2 Å². The summed E-state index contributed by atoms with van der Waals surface area (Å²) in [5.74, 6) is -0.663. The molecular formula is C14H16N2O5S. The first-order chi connectivity index (χ1) is 10.4. The highest BCUT2D eigenvalue weighted by Crippen LogP contribution is 2.18. The highest BCUT2D eigenvalue weighted by Gasteiger charge is 2.26. The Balaban J connectivity index is 2.14. The summed E-state index contributed by atoms with van der Waals surface area (Å²) in [6, 6.07) is 7.26. The van der Waals surface area contributed by atoms with Crippen LogP contribution in [0.3, 0.4) is 0 Å². The van der Waals surface area contributed by atoms with E-state index in [0.29, 0.717) is 26.3 Å². The third-order valence-corrected chi connectivity index (χ3v) is 5.08. The standard InChI is InChI=1S/C14H16N2O5S/c1-11(10-15)21-14(17)12-2-4-13(5-3-12)22(18,19)16-6-8-20-9-7-16/h2-5,11H,6-9H2,1H3/t11-/m1/s1. The highest BCUT2D eigenvalue weighted by molar-refractivity contribution is 7.89. The van der Waals surface area contributed by atoms with E-state index in [1.165, 1.54) is 35.5 Å². The van der Waals surface area contributed by atoms with Gasteiger partial charge in [-0.3, -0.25) is 0 Å². The molecule has 1 aromatic rings. The van der Waals surface area contributed by atoms with Crippen molar-refractivity contribution in [2.75, 3.05) is 26.3 Å². The minimum Gasteiger partial charge on any atom is -0.444 e. The van der Waals surface area contributed by atoms with E-state index < -0.39 is 22.1 Å². The first-order valence-corrected chi connectivity index (χ1v) is 8.17. The number of hydrogen-bond donors (Lipinski definition) is 0. The molecule has 2 rings (SSSR count). The Bertz CT molecular complexity index is 672. The normalized spacial score (nSPS) is 17.5. The zero-order valence-electron chi connectivity index (χ0n) is 12.1. The van der Waals surface area contributed by atoms with Gasteiger partial charge < -0.3 is 9.47 Å². The van der Waals surface area contributed by atoms with Crippen LogP contribution in [0.2, 0.25) is 0 Å². The lowest BCUT2D eigenvalue weighted by molar-refractivity contribution is 0.0435. The van der Waals surface area contributed by atoms with Gasteiger partial charge >= 0.3 is 5.97 Å². The van der Waals surface area contributed by atoms with Crippen LogP contribution >= 0.6 is 0 Å². The van der Waals surface area contributed by atoms with E-state index in [1.54, 1.807) is 6.07 Å². The molecule has 118 valence electrons. The molecule has 7 nitrogen and oxygen atoms in total. The van der Waals surface area contributed by atoms with Crippen molar-refractivity contribution >= 4 is 16.0 Å². The molecule has 0 N–H and O–H groups in total. The fourth-order valence-electron chi connectivity index (χ4n) is 1.95. The molecule has 0 spiro atoms. The fraction of sp³-hybridized carbons (Fsp3) is 0.429. The molecule has 0 aliphatic carbocycles. The van der Waals surface area contributed by atoms with Crippen molar-refractivity contribution in [2.45, 2.75) is 17.9 Å². The van der Waals surface area contributed by atoms with Crippen LogP contribution in [-0.2, 0) is 19.5 Å². The van der Waals surface area contributed by atoms with E-state index in [9.17, 15) is 13.2 Å². The van der Waals surface area contributed by atoms with E-state index in [-0.39, 0.29) is 10.5 Å². The van der Waals surface area contributed by atoms with Gasteiger partial charge in [0.2, 0.25) is 10.0 Å². The van der Waals surface area contributed by atoms with Crippen molar-refractivity contribution in [1.82, 2.24) is 4.31 Å². The molecule has 1 aliphatic rings. The van der Waals surface area contributed by atoms with E-state index in [4.69, 9.17) is 14.7 Å². The van der Waals surface area contributed by atoms with E-state index in [2.05, 4.69) is 0 Å². The molecule has 1 fully saturated rings. The Labute approximate surface area is 129 Å². The minimum absolute atomic E-state index is 0.110. The molecule has 22 heavy (non-hydrogen) atoms. The number of rotatable bonds is 4. The summed E-state index contributed by atoms with van der Waals surface area (Å²) in [7, 11) is -3.58. The lowest BCUT2D eigenvalue weighted by Crippen LogP contribution is -2.40. The van der Waals surface area contributed by atoms with Gasteiger partial charge in [-0.25, -0.2) is 13.2 Å². The maximum atomic E-state index is 12.4. The van der Waals surface area contributed by atoms with Crippen molar-refractivity contribution < 1.29 is 22.7 Å². The third kappa shape index (κ3) is 3.62. The predicted octanol–water partition coefficient (Wildman–Crippen LogP) is 0.776. The smallest absolute Gasteiger partial charge is 0.339 e. The van der Waals surface area contributed by atoms with Crippen LogP contribution in [0.5, 0.6) is 0 Å². The molecule has 1 aromatic carbocycles. The lowest BCUT2D eigenvalue weighted by atomic mass is 10.2. The van der Waals surface area contributed by atoms with Gasteiger partial charge in [-0.1, -0.05) is 0 Å². The molecular weight excluding hydrogens is 308 g/mol. The summed E-state index contributed by atoms with van der Waals surface area (Å²) in [5, 5.41) is 8.60. The molecule has 0 radical (unpaired) electrons. The van der Waals surface area contributed by atoms with Crippen LogP contribution in [0.1, 0.15) is 17.3 Å². The van der Waals surface area contributed by atoms with Gasteiger partial charge in [0.25, 0.3) is 0 Å². The van der Waals surface area contributed by atoms with E-state index >= 15 is 0 Å². The number of morpholine rings is 1. The Morgan fingerprint density at radius 1 is 1.32 bits per heavy atom. The molecule has 0 bridgehead atoms. The molecule has 0 saturated carbocycles. The van der Waals surface area contributed by atoms with Crippen LogP contribution in [0.25, 0.3) is 0 Å². The maximum Gasteiger partial charge on any atom is 0.339 e. The second-order valence-electron chi connectivity index (χ2n) is 4.72. The Kier molecular flexibility index (Phi) is 5.13. The fourth-order valence-corrected chi connectivity index (χ4v) is 3.36. The van der Waals surface area contributed by atoms with Gasteiger partial charge in [0, 0.05) is 13.1 Å². The van der Waals surface area contributed by atoms with Gasteiger partial charge in [0.15, 0.2) is 6.10 Å². The van der Waals surface area contributed by atoms with Crippen molar-refractivity contribution in [3.63, 3.8) is 0 Å². The zero-order valence-corrected chi connectivity index (χ0v) is 12.9. The number of carbonyl (C=O) groups is 1. The zero-order chi connectivity index (χ0) is 16.2. The molecule has 1 aliphatic heterocycles. The number of ether oxygens (including phenoxy) is 2. The topological polar surface area (TPSA) is 96.7 Å². The van der Waals surface area contributed by atoms with Crippen LogP contribution in [0.4, 0.5) is 0 Å². The molecule has 0 amide bonds. The van der Waals surface area contributed by atoms with Crippen molar-refractivity contribution in [2.24, 2.45) is 0 Å². The predicted molar refractivity (Wildman–Crippen MR) is 76.5 cm³/mol. The van der Waals surface area contributed by atoms with Gasteiger partial charge in [-0.15, -0.1) is 0 Å². The minimum atomic E-state index is -3.58. The summed E-state index contributed by atoms with van der Waals surface area (Å²) >= 11 is 0. The number of hydrogen-bond acceptors (Lipinski definition) is 6. The Morgan fingerprint density at radius 2 is 1.91 bits per heavy atom. The van der Waals surface area contributed by atoms with Crippen LogP contribution in [0, 0.1) is 11.3 Å². The summed E-state index contributed by atoms with van der Waals surface area (Å²) in [6.45, 7) is 2.82. The van der Waals surface area contributed by atoms with Gasteiger partial charge in [0.05, 0.1) is 23.7 Å². The number of sulfonamides is 1. The molecule has 1 saturated heterocycles. The molecule has 0 unspecified atom stereocenters. The third-order valence-electron chi connectivity index (χ3n) is 3.16. The molecule has 1 heterocycles. The van der Waals surface area contributed by atoms with Crippen molar-refractivity contribution in [1.29, 1.82) is 5.26 Å².